The molecule has 0 heterocycles. The van der Waals surface area contributed by atoms with Crippen LogP contribution >= 0.6 is 39.1 Å². The number of ketones is 1. The first-order valence-corrected chi connectivity index (χ1v) is 7.11. The van der Waals surface area contributed by atoms with Crippen LogP contribution in [0.3, 0.4) is 0 Å². The zero-order valence-corrected chi connectivity index (χ0v) is 13.5. The van der Waals surface area contributed by atoms with Crippen molar-refractivity contribution in [1.29, 1.82) is 0 Å². The average Bonchev–Trinajstić information content (AvgIpc) is 2.43. The summed E-state index contributed by atoms with van der Waals surface area (Å²) in [5.74, 6) is 0.233. The minimum Gasteiger partial charge on any atom is -0.496 e. The molecule has 0 aliphatic rings. The summed E-state index contributed by atoms with van der Waals surface area (Å²) in [7, 11) is 1.50. The quantitative estimate of drug-likeness (QED) is 0.632. The summed E-state index contributed by atoms with van der Waals surface area (Å²) in [6, 6.07) is 8.16. The third-order valence-electron chi connectivity index (χ3n) is 2.72. The number of nitrogens with two attached hydrogens (primary N) is 1. The second-order valence-corrected chi connectivity index (χ2v) is 5.74. The number of nitrogen functional groups attached to an aromatic ring is 1. The van der Waals surface area contributed by atoms with Gasteiger partial charge in [-0.15, -0.1) is 0 Å². The summed E-state index contributed by atoms with van der Waals surface area (Å²) in [6.07, 6.45) is 0. The molecule has 0 aliphatic heterocycles. The highest BCUT2D eigenvalue weighted by Crippen LogP contribution is 2.32. The van der Waals surface area contributed by atoms with Crippen molar-refractivity contribution in [3.63, 3.8) is 0 Å². The van der Waals surface area contributed by atoms with Crippen molar-refractivity contribution in [3.05, 3.63) is 56.0 Å². The molecule has 0 fully saturated rings. The molecule has 0 unspecified atom stereocenters. The first-order valence-electron chi connectivity index (χ1n) is 5.56. The number of methoxy groups -OCH3 is 1. The van der Waals surface area contributed by atoms with E-state index in [0.717, 1.165) is 4.47 Å². The number of hydrogen-bond donors (Lipinski definition) is 1. The highest BCUT2D eigenvalue weighted by molar-refractivity contribution is 9.10. The molecule has 0 atom stereocenters. The molecule has 0 saturated heterocycles. The van der Waals surface area contributed by atoms with Gasteiger partial charge in [0.25, 0.3) is 0 Å². The maximum Gasteiger partial charge on any atom is 0.196 e. The summed E-state index contributed by atoms with van der Waals surface area (Å²) in [5.41, 5.74) is 6.76. The second-order valence-electron chi connectivity index (χ2n) is 4.04. The summed E-state index contributed by atoms with van der Waals surface area (Å²) >= 11 is 15.2. The van der Waals surface area contributed by atoms with Crippen molar-refractivity contribution in [2.45, 2.75) is 0 Å². The SMILES string of the molecule is COc1ccc(Br)cc1C(=O)c1cc(N)c(Cl)c(Cl)c1. The molecule has 104 valence electrons. The van der Waals surface area contributed by atoms with Gasteiger partial charge in [0.2, 0.25) is 0 Å². The number of rotatable bonds is 3. The molecule has 0 radical (unpaired) electrons. The summed E-state index contributed by atoms with van der Waals surface area (Å²) < 4.78 is 5.97. The molecular weight excluding hydrogens is 365 g/mol. The van der Waals surface area contributed by atoms with E-state index >= 15 is 0 Å². The Morgan fingerprint density at radius 1 is 1.25 bits per heavy atom. The van der Waals surface area contributed by atoms with Gasteiger partial charge < -0.3 is 10.5 Å². The van der Waals surface area contributed by atoms with Crippen LogP contribution in [0, 0.1) is 0 Å². The Morgan fingerprint density at radius 3 is 2.55 bits per heavy atom. The average molecular weight is 375 g/mol. The van der Waals surface area contributed by atoms with E-state index in [0.29, 0.717) is 16.9 Å². The van der Waals surface area contributed by atoms with Gasteiger partial charge in [0, 0.05) is 10.0 Å². The van der Waals surface area contributed by atoms with Gasteiger partial charge in [0.15, 0.2) is 5.78 Å². The Labute approximate surface area is 134 Å². The number of carbonyl (C=O) groups is 1. The summed E-state index contributed by atoms with van der Waals surface area (Å²) in [4.78, 5) is 12.5. The minimum absolute atomic E-state index is 0.240. The van der Waals surface area contributed by atoms with Crippen molar-refractivity contribution in [1.82, 2.24) is 0 Å². The van der Waals surface area contributed by atoms with Crippen LogP contribution in [-0.2, 0) is 0 Å². The van der Waals surface area contributed by atoms with Gasteiger partial charge in [-0.3, -0.25) is 4.79 Å². The Morgan fingerprint density at radius 2 is 1.95 bits per heavy atom. The van der Waals surface area contributed by atoms with Gasteiger partial charge in [0.05, 0.1) is 28.4 Å². The van der Waals surface area contributed by atoms with E-state index in [1.165, 1.54) is 19.2 Å². The minimum atomic E-state index is -0.242. The number of anilines is 1. The van der Waals surface area contributed by atoms with Crippen molar-refractivity contribution < 1.29 is 9.53 Å². The maximum absolute atomic E-state index is 12.5. The predicted molar refractivity (Wildman–Crippen MR) is 85.0 cm³/mol. The lowest BCUT2D eigenvalue weighted by Crippen LogP contribution is -2.05. The predicted octanol–water partition coefficient (Wildman–Crippen LogP) is 4.58. The van der Waals surface area contributed by atoms with Crippen LogP contribution in [0.4, 0.5) is 5.69 Å². The number of benzene rings is 2. The zero-order chi connectivity index (χ0) is 14.9. The van der Waals surface area contributed by atoms with E-state index < -0.39 is 0 Å². The van der Waals surface area contributed by atoms with Gasteiger partial charge in [-0.25, -0.2) is 0 Å². The maximum atomic E-state index is 12.5. The van der Waals surface area contributed by atoms with Crippen LogP contribution in [0.2, 0.25) is 10.0 Å². The molecule has 2 aromatic rings. The largest absolute Gasteiger partial charge is 0.496 e. The lowest BCUT2D eigenvalue weighted by Gasteiger charge is -2.10. The van der Waals surface area contributed by atoms with Gasteiger partial charge >= 0.3 is 0 Å². The fourth-order valence-corrected chi connectivity index (χ4v) is 2.45. The number of carbonyl (C=O) groups excluding carboxylic acids is 1. The fourth-order valence-electron chi connectivity index (χ4n) is 1.75. The molecule has 0 amide bonds. The van der Waals surface area contributed by atoms with Crippen molar-refractivity contribution in [2.24, 2.45) is 0 Å². The zero-order valence-electron chi connectivity index (χ0n) is 10.4. The van der Waals surface area contributed by atoms with Crippen LogP contribution < -0.4 is 10.5 Å². The van der Waals surface area contributed by atoms with E-state index in [9.17, 15) is 4.79 Å². The first kappa shape index (κ1) is 15.2. The molecule has 0 aromatic heterocycles. The monoisotopic (exact) mass is 373 g/mol. The second kappa shape index (κ2) is 6.04. The van der Waals surface area contributed by atoms with Gasteiger partial charge in [-0.1, -0.05) is 39.1 Å². The Kier molecular flexibility index (Phi) is 4.58. The molecule has 0 bridgehead atoms. The molecule has 0 saturated carbocycles. The van der Waals surface area contributed by atoms with Crippen LogP contribution in [0.25, 0.3) is 0 Å². The van der Waals surface area contributed by atoms with E-state index in [2.05, 4.69) is 15.9 Å². The Hall–Kier alpha value is -1.23. The standard InChI is InChI=1S/C14H10BrCl2NO2/c1-20-12-3-2-8(15)6-9(12)14(19)7-4-10(16)13(17)11(18)5-7/h2-6H,18H2,1H3. The van der Waals surface area contributed by atoms with Gasteiger partial charge in [0.1, 0.15) is 5.75 Å². The molecule has 2 aromatic carbocycles. The van der Waals surface area contributed by atoms with Crippen LogP contribution in [0.5, 0.6) is 5.75 Å². The fraction of sp³-hybridized carbons (Fsp3) is 0.0714. The topological polar surface area (TPSA) is 52.3 Å². The van der Waals surface area contributed by atoms with Crippen molar-refractivity contribution in [2.75, 3.05) is 12.8 Å². The normalized spacial score (nSPS) is 10.4. The van der Waals surface area contributed by atoms with E-state index in [4.69, 9.17) is 33.7 Å². The van der Waals surface area contributed by atoms with Crippen LogP contribution in [-0.4, -0.2) is 12.9 Å². The van der Waals surface area contributed by atoms with Gasteiger partial charge in [-0.05, 0) is 30.3 Å². The van der Waals surface area contributed by atoms with E-state index in [1.54, 1.807) is 18.2 Å². The number of halogens is 3. The third-order valence-corrected chi connectivity index (χ3v) is 4.03. The van der Waals surface area contributed by atoms with Gasteiger partial charge in [-0.2, -0.15) is 0 Å². The Balaban J connectivity index is 2.54. The molecule has 20 heavy (non-hydrogen) atoms. The molecule has 2 rings (SSSR count). The summed E-state index contributed by atoms with van der Waals surface area (Å²) in [6.45, 7) is 0. The van der Waals surface area contributed by atoms with Crippen LogP contribution in [0.1, 0.15) is 15.9 Å². The molecular formula is C14H10BrCl2NO2. The number of hydrogen-bond acceptors (Lipinski definition) is 3. The smallest absolute Gasteiger partial charge is 0.196 e. The summed E-state index contributed by atoms with van der Waals surface area (Å²) in [5, 5.41) is 0.480. The first-order chi connectivity index (χ1) is 9.43. The van der Waals surface area contributed by atoms with Crippen LogP contribution in [0.15, 0.2) is 34.8 Å². The molecule has 0 spiro atoms. The lowest BCUT2D eigenvalue weighted by atomic mass is 10.0. The van der Waals surface area contributed by atoms with E-state index in [1.807, 2.05) is 0 Å². The molecule has 2 N–H and O–H groups in total. The van der Waals surface area contributed by atoms with Crippen molar-refractivity contribution >= 4 is 50.6 Å². The molecule has 6 heteroatoms. The third kappa shape index (κ3) is 2.92. The molecule has 0 aliphatic carbocycles. The molecule has 3 nitrogen and oxygen atoms in total. The van der Waals surface area contributed by atoms with E-state index in [-0.39, 0.29) is 21.5 Å². The highest BCUT2D eigenvalue weighted by Gasteiger charge is 2.17. The lowest BCUT2D eigenvalue weighted by molar-refractivity contribution is 0.103. The number of ether oxygens (including phenoxy) is 1. The van der Waals surface area contributed by atoms with Crippen molar-refractivity contribution in [3.8, 4) is 5.75 Å². The highest BCUT2D eigenvalue weighted by atomic mass is 79.9. The Bertz CT molecular complexity index is 666.